The summed E-state index contributed by atoms with van der Waals surface area (Å²) in [4.78, 5) is 14.9. The second-order valence-electron chi connectivity index (χ2n) is 3.60. The van der Waals surface area contributed by atoms with Gasteiger partial charge in [0.15, 0.2) is 0 Å². The van der Waals surface area contributed by atoms with Gasteiger partial charge in [-0.15, -0.1) is 5.10 Å². The van der Waals surface area contributed by atoms with E-state index in [-0.39, 0.29) is 6.03 Å². The van der Waals surface area contributed by atoms with Gasteiger partial charge in [-0.2, -0.15) is 5.10 Å². The standard InChI is InChI=1S/C9H8N4OS.C2H4N4/c14-9(12-8-6-10-13-15-8)11-7-4-2-1-3-5-7;3-2-4-1-5-6-2/h1-6H,(H2,11,12,14);1H,(H3,3,4,5,6). The van der Waals surface area contributed by atoms with E-state index in [0.717, 1.165) is 17.2 Å². The zero-order valence-electron chi connectivity index (χ0n) is 10.7. The third-order valence-corrected chi connectivity index (χ3v) is 2.64. The van der Waals surface area contributed by atoms with Crippen LogP contribution in [0.2, 0.25) is 0 Å². The Hall–Kier alpha value is -3.01. The second-order valence-corrected chi connectivity index (χ2v) is 4.38. The van der Waals surface area contributed by atoms with Crippen molar-refractivity contribution in [3.05, 3.63) is 42.9 Å². The summed E-state index contributed by atoms with van der Waals surface area (Å²) < 4.78 is 3.63. The minimum Gasteiger partial charge on any atom is -0.368 e. The van der Waals surface area contributed by atoms with E-state index < -0.39 is 0 Å². The molecule has 10 heteroatoms. The van der Waals surface area contributed by atoms with E-state index in [1.165, 1.54) is 12.5 Å². The number of H-pyrrole nitrogens is 1. The number of rotatable bonds is 2. The topological polar surface area (TPSA) is 134 Å². The highest BCUT2D eigenvalue weighted by Crippen LogP contribution is 2.10. The highest BCUT2D eigenvalue weighted by Gasteiger charge is 2.03. The maximum absolute atomic E-state index is 11.4. The van der Waals surface area contributed by atoms with Gasteiger partial charge >= 0.3 is 6.03 Å². The van der Waals surface area contributed by atoms with E-state index in [9.17, 15) is 4.79 Å². The van der Waals surface area contributed by atoms with Crippen LogP contribution in [-0.4, -0.2) is 30.8 Å². The molecule has 3 aromatic rings. The van der Waals surface area contributed by atoms with Gasteiger partial charge in [0.05, 0.1) is 6.20 Å². The van der Waals surface area contributed by atoms with Crippen LogP contribution in [0, 0.1) is 0 Å². The maximum Gasteiger partial charge on any atom is 0.324 e. The van der Waals surface area contributed by atoms with E-state index in [1.807, 2.05) is 30.3 Å². The molecule has 0 radical (unpaired) electrons. The van der Waals surface area contributed by atoms with Gasteiger partial charge in [-0.25, -0.2) is 14.9 Å². The molecular weight excluding hydrogens is 292 g/mol. The average Bonchev–Trinajstić information content (AvgIpc) is 3.14. The van der Waals surface area contributed by atoms with Crippen LogP contribution in [0.15, 0.2) is 42.9 Å². The molecule has 2 heterocycles. The normalized spacial score (nSPS) is 9.33. The number of nitrogens with zero attached hydrogens (tertiary/aromatic N) is 4. The number of urea groups is 1. The summed E-state index contributed by atoms with van der Waals surface area (Å²) >= 11 is 1.13. The third kappa shape index (κ3) is 5.24. The zero-order chi connectivity index (χ0) is 14.9. The molecule has 2 aromatic heterocycles. The Balaban J connectivity index is 0.000000225. The van der Waals surface area contributed by atoms with Crippen molar-refractivity contribution in [1.29, 1.82) is 0 Å². The molecule has 21 heavy (non-hydrogen) atoms. The zero-order valence-corrected chi connectivity index (χ0v) is 11.5. The Morgan fingerprint density at radius 1 is 1.24 bits per heavy atom. The first-order valence-electron chi connectivity index (χ1n) is 5.75. The van der Waals surface area contributed by atoms with E-state index >= 15 is 0 Å². The van der Waals surface area contributed by atoms with Crippen molar-refractivity contribution in [2.45, 2.75) is 0 Å². The Bertz CT molecular complexity index is 640. The minimum atomic E-state index is -0.299. The van der Waals surface area contributed by atoms with Crippen LogP contribution in [0.5, 0.6) is 0 Å². The van der Waals surface area contributed by atoms with Crippen LogP contribution in [0.4, 0.5) is 21.4 Å². The first kappa shape index (κ1) is 14.4. The van der Waals surface area contributed by atoms with Crippen LogP contribution >= 0.6 is 11.5 Å². The Morgan fingerprint density at radius 3 is 2.57 bits per heavy atom. The van der Waals surface area contributed by atoms with Crippen LogP contribution in [0.3, 0.4) is 0 Å². The van der Waals surface area contributed by atoms with Crippen LogP contribution in [-0.2, 0) is 0 Å². The quantitative estimate of drug-likeness (QED) is 0.567. The van der Waals surface area contributed by atoms with E-state index in [0.29, 0.717) is 10.9 Å². The second kappa shape index (κ2) is 7.55. The minimum absolute atomic E-state index is 0.299. The monoisotopic (exact) mass is 304 g/mol. The fraction of sp³-hybridized carbons (Fsp3) is 0. The molecule has 0 spiro atoms. The number of nitrogens with two attached hydrogens (primary N) is 1. The van der Waals surface area contributed by atoms with Crippen molar-refractivity contribution in [3.63, 3.8) is 0 Å². The summed E-state index contributed by atoms with van der Waals surface area (Å²) in [6.07, 6.45) is 2.85. The number of amides is 2. The first-order chi connectivity index (χ1) is 10.2. The van der Waals surface area contributed by atoms with Gasteiger partial charge in [0.2, 0.25) is 5.95 Å². The molecule has 0 aliphatic carbocycles. The fourth-order valence-corrected chi connectivity index (χ4v) is 1.65. The number of carbonyl (C=O) groups excluding carboxylic acids is 1. The van der Waals surface area contributed by atoms with Gasteiger partial charge in [-0.05, 0) is 12.1 Å². The number of anilines is 3. The molecule has 0 saturated heterocycles. The summed E-state index contributed by atoms with van der Waals surface area (Å²) in [5.74, 6) is 0.356. The lowest BCUT2D eigenvalue weighted by Gasteiger charge is -2.04. The van der Waals surface area contributed by atoms with Crippen LogP contribution in [0.1, 0.15) is 0 Å². The molecule has 108 valence electrons. The third-order valence-electron chi connectivity index (χ3n) is 2.06. The number of hydrogen-bond acceptors (Lipinski definition) is 7. The van der Waals surface area contributed by atoms with Gasteiger partial charge in [0.25, 0.3) is 0 Å². The first-order valence-corrected chi connectivity index (χ1v) is 6.52. The highest BCUT2D eigenvalue weighted by molar-refractivity contribution is 7.10. The Kier molecular flexibility index (Phi) is 5.18. The van der Waals surface area contributed by atoms with Crippen molar-refractivity contribution in [3.8, 4) is 0 Å². The average molecular weight is 304 g/mol. The number of carbonyl (C=O) groups is 1. The van der Waals surface area contributed by atoms with Gasteiger partial charge in [-0.3, -0.25) is 5.32 Å². The molecule has 1 aromatic carbocycles. The van der Waals surface area contributed by atoms with Crippen molar-refractivity contribution in [2.75, 3.05) is 16.4 Å². The number of hydrogen-bond donors (Lipinski definition) is 4. The van der Waals surface area contributed by atoms with E-state index in [1.54, 1.807) is 0 Å². The SMILES string of the molecule is Nc1ncn[nH]1.O=C(Nc1ccccc1)Nc1cnns1. The lowest BCUT2D eigenvalue weighted by molar-refractivity contribution is 0.262. The van der Waals surface area contributed by atoms with Crippen molar-refractivity contribution in [1.82, 2.24) is 24.8 Å². The van der Waals surface area contributed by atoms with Gasteiger partial charge in [0, 0.05) is 17.2 Å². The van der Waals surface area contributed by atoms with Crippen LogP contribution < -0.4 is 16.4 Å². The summed E-state index contributed by atoms with van der Waals surface area (Å²) in [6.45, 7) is 0. The summed E-state index contributed by atoms with van der Waals surface area (Å²) in [5, 5.41) is 15.4. The molecule has 0 bridgehead atoms. The lowest BCUT2D eigenvalue weighted by atomic mass is 10.3. The van der Waals surface area contributed by atoms with Gasteiger partial charge in [-0.1, -0.05) is 22.7 Å². The summed E-state index contributed by atoms with van der Waals surface area (Å²) in [5.41, 5.74) is 5.79. The number of benzene rings is 1. The molecule has 0 aliphatic rings. The van der Waals surface area contributed by atoms with Gasteiger partial charge < -0.3 is 11.1 Å². The fourth-order valence-electron chi connectivity index (χ4n) is 1.23. The van der Waals surface area contributed by atoms with Gasteiger partial charge in [0.1, 0.15) is 11.3 Å². The van der Waals surface area contributed by atoms with Crippen molar-refractivity contribution in [2.24, 2.45) is 0 Å². The molecule has 9 nitrogen and oxygen atoms in total. The number of aromatic amines is 1. The summed E-state index contributed by atoms with van der Waals surface area (Å²) in [7, 11) is 0. The number of aromatic nitrogens is 5. The molecule has 0 atom stereocenters. The van der Waals surface area contributed by atoms with Crippen molar-refractivity contribution >= 4 is 34.2 Å². The molecule has 5 N–H and O–H groups in total. The predicted molar refractivity (Wildman–Crippen MR) is 79.8 cm³/mol. The molecule has 0 fully saturated rings. The predicted octanol–water partition coefficient (Wildman–Crippen LogP) is 1.57. The highest BCUT2D eigenvalue weighted by atomic mass is 32.1. The smallest absolute Gasteiger partial charge is 0.324 e. The van der Waals surface area contributed by atoms with Crippen molar-refractivity contribution < 1.29 is 4.79 Å². The molecular formula is C11H12N8OS. The molecule has 2 amide bonds. The lowest BCUT2D eigenvalue weighted by Crippen LogP contribution is -2.18. The largest absolute Gasteiger partial charge is 0.368 e. The number of para-hydroxylation sites is 1. The van der Waals surface area contributed by atoms with Crippen LogP contribution in [0.25, 0.3) is 0 Å². The summed E-state index contributed by atoms with van der Waals surface area (Å²) in [6, 6.07) is 8.91. The Morgan fingerprint density at radius 2 is 2.05 bits per heavy atom. The molecule has 0 saturated carbocycles. The van der Waals surface area contributed by atoms with E-state index in [2.05, 4.69) is 35.4 Å². The van der Waals surface area contributed by atoms with E-state index in [4.69, 9.17) is 5.73 Å². The maximum atomic E-state index is 11.4. The molecule has 0 unspecified atom stereocenters. The molecule has 0 aliphatic heterocycles. The Labute approximate surface area is 123 Å². The molecule has 3 rings (SSSR count). The number of nitrogens with one attached hydrogen (secondary N) is 3. The number of nitrogen functional groups attached to an aromatic ring is 1.